The summed E-state index contributed by atoms with van der Waals surface area (Å²) < 4.78 is 1.77. The van der Waals surface area contributed by atoms with Crippen LogP contribution in [0.25, 0.3) is 0 Å². The molecule has 0 atom stereocenters. The van der Waals surface area contributed by atoms with E-state index < -0.39 is 0 Å². The molecule has 2 N–H and O–H groups in total. The summed E-state index contributed by atoms with van der Waals surface area (Å²) in [4.78, 5) is 15.0. The van der Waals surface area contributed by atoms with Gasteiger partial charge in [-0.05, 0) is 32.7 Å². The lowest BCUT2D eigenvalue weighted by Crippen LogP contribution is -2.41. The van der Waals surface area contributed by atoms with Crippen molar-refractivity contribution >= 4 is 5.91 Å². The normalized spacial score (nSPS) is 16.7. The quantitative estimate of drug-likeness (QED) is 0.847. The minimum Gasteiger partial charge on any atom is -0.336 e. The maximum Gasteiger partial charge on any atom is 0.257 e. The van der Waals surface area contributed by atoms with Crippen LogP contribution in [0.15, 0.2) is 6.20 Å². The van der Waals surface area contributed by atoms with E-state index >= 15 is 0 Å². The number of nitrogens with zero attached hydrogens (tertiary/aromatic N) is 3. The zero-order valence-electron chi connectivity index (χ0n) is 13.3. The van der Waals surface area contributed by atoms with Crippen LogP contribution in [0.1, 0.15) is 61.0 Å². The van der Waals surface area contributed by atoms with Gasteiger partial charge in [-0.3, -0.25) is 9.48 Å². The van der Waals surface area contributed by atoms with Crippen LogP contribution < -0.4 is 5.73 Å². The van der Waals surface area contributed by atoms with Gasteiger partial charge >= 0.3 is 0 Å². The molecule has 5 heteroatoms. The molecule has 0 bridgehead atoms. The SMILES string of the molecule is Cc1c(C(=O)N(CCCN)C2CCCCCC2)cnn1C. The molecule has 0 saturated heterocycles. The third-order valence-electron chi connectivity index (χ3n) is 4.60. The van der Waals surface area contributed by atoms with Crippen molar-refractivity contribution in [2.24, 2.45) is 12.8 Å². The highest BCUT2D eigenvalue weighted by atomic mass is 16.2. The summed E-state index contributed by atoms with van der Waals surface area (Å²) >= 11 is 0. The minimum atomic E-state index is 0.126. The van der Waals surface area contributed by atoms with Gasteiger partial charge in [0.1, 0.15) is 0 Å². The van der Waals surface area contributed by atoms with E-state index in [1.807, 2.05) is 14.0 Å². The Bertz CT molecular complexity index is 461. The van der Waals surface area contributed by atoms with Gasteiger partial charge in [0.2, 0.25) is 0 Å². The van der Waals surface area contributed by atoms with E-state index in [2.05, 4.69) is 10.00 Å². The van der Waals surface area contributed by atoms with Crippen LogP contribution in [-0.2, 0) is 7.05 Å². The number of carbonyl (C=O) groups is 1. The van der Waals surface area contributed by atoms with Gasteiger partial charge in [-0.1, -0.05) is 25.7 Å². The Labute approximate surface area is 127 Å². The first-order valence-corrected chi connectivity index (χ1v) is 8.14. The molecular weight excluding hydrogens is 264 g/mol. The molecule has 1 aromatic rings. The molecule has 0 unspecified atom stereocenters. The predicted octanol–water partition coefficient (Wildman–Crippen LogP) is 2.24. The number of hydrogen-bond donors (Lipinski definition) is 1. The van der Waals surface area contributed by atoms with Gasteiger partial charge < -0.3 is 10.6 Å². The van der Waals surface area contributed by atoms with Crippen molar-refractivity contribution in [1.82, 2.24) is 14.7 Å². The smallest absolute Gasteiger partial charge is 0.257 e. The van der Waals surface area contributed by atoms with Crippen molar-refractivity contribution in [3.8, 4) is 0 Å². The largest absolute Gasteiger partial charge is 0.336 e. The molecule has 1 saturated carbocycles. The standard InChI is InChI=1S/C16H28N4O/c1-13-15(12-18-19(13)2)16(21)20(11-7-10-17)14-8-5-3-4-6-9-14/h12,14H,3-11,17H2,1-2H3. The number of amides is 1. The summed E-state index contributed by atoms with van der Waals surface area (Å²) in [6, 6.07) is 0.367. The molecule has 1 aliphatic rings. The van der Waals surface area contributed by atoms with Crippen LogP contribution in [0.5, 0.6) is 0 Å². The molecule has 1 heterocycles. The average Bonchev–Trinajstić information content (AvgIpc) is 2.71. The lowest BCUT2D eigenvalue weighted by Gasteiger charge is -2.31. The van der Waals surface area contributed by atoms with Crippen molar-refractivity contribution < 1.29 is 4.79 Å². The van der Waals surface area contributed by atoms with E-state index in [0.29, 0.717) is 12.6 Å². The molecule has 0 radical (unpaired) electrons. The maximum absolute atomic E-state index is 12.9. The van der Waals surface area contributed by atoms with Crippen LogP contribution in [0.2, 0.25) is 0 Å². The minimum absolute atomic E-state index is 0.126. The molecule has 0 aliphatic heterocycles. The van der Waals surface area contributed by atoms with Crippen LogP contribution in [0.4, 0.5) is 0 Å². The van der Waals surface area contributed by atoms with Gasteiger partial charge in [-0.2, -0.15) is 5.10 Å². The van der Waals surface area contributed by atoms with Gasteiger partial charge in [0.25, 0.3) is 5.91 Å². The van der Waals surface area contributed by atoms with Gasteiger partial charge in [0, 0.05) is 25.3 Å². The summed E-state index contributed by atoms with van der Waals surface area (Å²) in [5, 5.41) is 4.21. The first-order chi connectivity index (χ1) is 10.1. The van der Waals surface area contributed by atoms with Crippen LogP contribution in [-0.4, -0.2) is 39.7 Å². The number of nitrogens with two attached hydrogens (primary N) is 1. The van der Waals surface area contributed by atoms with E-state index in [-0.39, 0.29) is 5.91 Å². The van der Waals surface area contributed by atoms with Gasteiger partial charge in [0.15, 0.2) is 0 Å². The molecule has 21 heavy (non-hydrogen) atoms. The summed E-state index contributed by atoms with van der Waals surface area (Å²) in [6.45, 7) is 3.34. The van der Waals surface area contributed by atoms with Crippen molar-refractivity contribution in [2.75, 3.05) is 13.1 Å². The molecule has 1 aliphatic carbocycles. The third-order valence-corrected chi connectivity index (χ3v) is 4.60. The Balaban J connectivity index is 2.17. The third kappa shape index (κ3) is 3.84. The summed E-state index contributed by atoms with van der Waals surface area (Å²) in [5.74, 6) is 0.126. The Morgan fingerprint density at radius 3 is 2.57 bits per heavy atom. The van der Waals surface area contributed by atoms with E-state index in [1.165, 1.54) is 25.7 Å². The fourth-order valence-electron chi connectivity index (χ4n) is 3.14. The molecule has 0 aromatic carbocycles. The first kappa shape index (κ1) is 16.0. The molecule has 1 amide bonds. The van der Waals surface area contributed by atoms with Crippen molar-refractivity contribution in [3.05, 3.63) is 17.5 Å². The maximum atomic E-state index is 12.9. The lowest BCUT2D eigenvalue weighted by atomic mass is 10.1. The van der Waals surface area contributed by atoms with Gasteiger partial charge in [-0.25, -0.2) is 0 Å². The number of aryl methyl sites for hydroxylation is 1. The Kier molecular flexibility index (Phi) is 5.79. The fourth-order valence-corrected chi connectivity index (χ4v) is 3.14. The molecule has 1 fully saturated rings. The summed E-state index contributed by atoms with van der Waals surface area (Å²) in [7, 11) is 1.88. The highest BCUT2D eigenvalue weighted by Crippen LogP contribution is 2.24. The van der Waals surface area contributed by atoms with E-state index in [4.69, 9.17) is 5.73 Å². The molecule has 0 spiro atoms. The number of hydrogen-bond acceptors (Lipinski definition) is 3. The summed E-state index contributed by atoms with van der Waals surface area (Å²) in [6.07, 6.45) is 9.84. The number of carbonyl (C=O) groups excluding carboxylic acids is 1. The fraction of sp³-hybridized carbons (Fsp3) is 0.750. The molecule has 1 aromatic heterocycles. The van der Waals surface area contributed by atoms with Crippen molar-refractivity contribution in [3.63, 3.8) is 0 Å². The lowest BCUT2D eigenvalue weighted by molar-refractivity contribution is 0.0658. The Morgan fingerprint density at radius 1 is 1.38 bits per heavy atom. The summed E-state index contributed by atoms with van der Waals surface area (Å²) in [5.41, 5.74) is 7.33. The zero-order valence-corrected chi connectivity index (χ0v) is 13.3. The zero-order chi connectivity index (χ0) is 15.2. The average molecular weight is 292 g/mol. The second-order valence-electron chi connectivity index (χ2n) is 6.05. The molecular formula is C16H28N4O. The Hall–Kier alpha value is -1.36. The highest BCUT2D eigenvalue weighted by Gasteiger charge is 2.27. The monoisotopic (exact) mass is 292 g/mol. The molecule has 118 valence electrons. The first-order valence-electron chi connectivity index (χ1n) is 8.14. The second kappa shape index (κ2) is 7.59. The van der Waals surface area contributed by atoms with Crippen molar-refractivity contribution in [1.29, 1.82) is 0 Å². The van der Waals surface area contributed by atoms with E-state index in [1.54, 1.807) is 10.9 Å². The van der Waals surface area contributed by atoms with Crippen LogP contribution in [0, 0.1) is 6.92 Å². The number of rotatable bonds is 5. The number of aromatic nitrogens is 2. The van der Waals surface area contributed by atoms with Crippen LogP contribution in [0.3, 0.4) is 0 Å². The molecule has 2 rings (SSSR count). The topological polar surface area (TPSA) is 64.2 Å². The van der Waals surface area contributed by atoms with E-state index in [0.717, 1.165) is 37.1 Å². The van der Waals surface area contributed by atoms with Crippen molar-refractivity contribution in [2.45, 2.75) is 57.9 Å². The van der Waals surface area contributed by atoms with Gasteiger partial charge in [-0.15, -0.1) is 0 Å². The van der Waals surface area contributed by atoms with Crippen LogP contribution >= 0.6 is 0 Å². The second-order valence-corrected chi connectivity index (χ2v) is 6.05. The van der Waals surface area contributed by atoms with Gasteiger partial charge in [0.05, 0.1) is 11.8 Å². The highest BCUT2D eigenvalue weighted by molar-refractivity contribution is 5.95. The predicted molar refractivity (Wildman–Crippen MR) is 84.1 cm³/mol. The van der Waals surface area contributed by atoms with E-state index in [9.17, 15) is 4.79 Å². The Morgan fingerprint density at radius 2 is 2.05 bits per heavy atom. The molecule has 5 nitrogen and oxygen atoms in total.